The predicted molar refractivity (Wildman–Crippen MR) is 75.5 cm³/mol. The van der Waals surface area contributed by atoms with E-state index in [1.54, 1.807) is 14.0 Å². The van der Waals surface area contributed by atoms with Crippen LogP contribution in [0.1, 0.15) is 32.9 Å². The summed E-state index contributed by atoms with van der Waals surface area (Å²) in [6, 6.07) is 0. The van der Waals surface area contributed by atoms with Crippen LogP contribution < -0.4 is 10.6 Å². The molecule has 7 nitrogen and oxygen atoms in total. The van der Waals surface area contributed by atoms with Gasteiger partial charge in [0.1, 0.15) is 5.69 Å². The molecule has 1 aromatic heterocycles. The zero-order chi connectivity index (χ0) is 14.6. The first-order chi connectivity index (χ1) is 8.80. The minimum atomic E-state index is -0.448. The summed E-state index contributed by atoms with van der Waals surface area (Å²) in [7, 11) is 1.68. The molecule has 0 saturated heterocycles. The number of nitrogens with one attached hydrogen (secondary N) is 2. The zero-order valence-electron chi connectivity index (χ0n) is 12.1. The molecule has 0 aromatic carbocycles. The fraction of sp³-hybridized carbons (Fsp3) is 0.667. The molecule has 0 spiro atoms. The first-order valence-corrected chi connectivity index (χ1v) is 6.25. The quantitative estimate of drug-likeness (QED) is 0.608. The van der Waals surface area contributed by atoms with Gasteiger partial charge >= 0.3 is 5.69 Å². The van der Waals surface area contributed by atoms with Crippen molar-refractivity contribution >= 4 is 17.5 Å². The smallest absolute Gasteiger partial charge is 0.332 e. The number of rotatable bonds is 6. The van der Waals surface area contributed by atoms with E-state index in [9.17, 15) is 10.1 Å². The first-order valence-electron chi connectivity index (χ1n) is 6.25. The highest BCUT2D eigenvalue weighted by Crippen LogP contribution is 2.28. The minimum absolute atomic E-state index is 0.0481. The molecule has 2 N–H and O–H groups in total. The molecule has 0 unspecified atom stereocenters. The van der Waals surface area contributed by atoms with Crippen LogP contribution in [0.5, 0.6) is 0 Å². The standard InChI is InChI=1S/C12H21N5O2/c1-6-12(3,4)7-14-10-9(17(18)19)8(2)15-11(13-5)16-10/h6-7H2,1-5H3,(H2,13,14,15,16). The maximum atomic E-state index is 11.1. The van der Waals surface area contributed by atoms with Crippen LogP contribution >= 0.6 is 0 Å². The van der Waals surface area contributed by atoms with Crippen molar-refractivity contribution in [3.8, 4) is 0 Å². The Morgan fingerprint density at radius 3 is 2.47 bits per heavy atom. The Kier molecular flexibility index (Phi) is 4.63. The highest BCUT2D eigenvalue weighted by atomic mass is 16.6. The van der Waals surface area contributed by atoms with Crippen LogP contribution in [-0.2, 0) is 0 Å². The first kappa shape index (κ1) is 15.1. The molecule has 0 aliphatic heterocycles. The Bertz CT molecular complexity index is 473. The molecule has 19 heavy (non-hydrogen) atoms. The van der Waals surface area contributed by atoms with Crippen LogP contribution in [0.25, 0.3) is 0 Å². The normalized spacial score (nSPS) is 11.2. The van der Waals surface area contributed by atoms with Crippen LogP contribution in [0, 0.1) is 22.5 Å². The highest BCUT2D eigenvalue weighted by Gasteiger charge is 2.23. The topological polar surface area (TPSA) is 93.0 Å². The van der Waals surface area contributed by atoms with Crippen LogP contribution in [0.2, 0.25) is 0 Å². The Balaban J connectivity index is 3.10. The van der Waals surface area contributed by atoms with Gasteiger partial charge in [-0.25, -0.2) is 4.98 Å². The van der Waals surface area contributed by atoms with Gasteiger partial charge < -0.3 is 10.6 Å². The second-order valence-electron chi connectivity index (χ2n) is 5.21. The second-order valence-corrected chi connectivity index (χ2v) is 5.21. The number of hydrogen-bond acceptors (Lipinski definition) is 6. The van der Waals surface area contributed by atoms with Crippen molar-refractivity contribution in [3.05, 3.63) is 15.8 Å². The van der Waals surface area contributed by atoms with E-state index in [-0.39, 0.29) is 16.9 Å². The Labute approximate surface area is 113 Å². The lowest BCUT2D eigenvalue weighted by Crippen LogP contribution is -2.23. The molecule has 1 heterocycles. The van der Waals surface area contributed by atoms with Gasteiger partial charge in [-0.05, 0) is 18.8 Å². The van der Waals surface area contributed by atoms with Gasteiger partial charge in [0.05, 0.1) is 4.92 Å². The average Bonchev–Trinajstić information content (AvgIpc) is 2.35. The molecule has 0 saturated carbocycles. The fourth-order valence-corrected chi connectivity index (χ4v) is 1.47. The predicted octanol–water partition coefficient (Wildman–Crippen LogP) is 2.58. The number of aromatic nitrogens is 2. The Morgan fingerprint density at radius 1 is 1.37 bits per heavy atom. The summed E-state index contributed by atoms with van der Waals surface area (Å²) in [5.41, 5.74) is 0.332. The lowest BCUT2D eigenvalue weighted by Gasteiger charge is -2.23. The molecule has 1 rings (SSSR count). The summed E-state index contributed by atoms with van der Waals surface area (Å²) in [5, 5.41) is 17.0. The van der Waals surface area contributed by atoms with Crippen molar-refractivity contribution < 1.29 is 4.92 Å². The number of aryl methyl sites for hydroxylation is 1. The number of anilines is 2. The molecule has 0 aliphatic rings. The van der Waals surface area contributed by atoms with Crippen LogP contribution in [0.3, 0.4) is 0 Å². The van der Waals surface area contributed by atoms with E-state index in [2.05, 4.69) is 41.4 Å². The molecule has 0 fully saturated rings. The summed E-state index contributed by atoms with van der Waals surface area (Å²) in [6.07, 6.45) is 0.969. The Morgan fingerprint density at radius 2 is 2.00 bits per heavy atom. The molecule has 0 amide bonds. The summed E-state index contributed by atoms with van der Waals surface area (Å²) in [5.74, 6) is 0.642. The summed E-state index contributed by atoms with van der Waals surface area (Å²) in [4.78, 5) is 18.8. The maximum absolute atomic E-state index is 11.1. The van der Waals surface area contributed by atoms with E-state index in [4.69, 9.17) is 0 Å². The van der Waals surface area contributed by atoms with Crippen molar-refractivity contribution in [1.29, 1.82) is 0 Å². The van der Waals surface area contributed by atoms with Crippen molar-refractivity contribution in [2.45, 2.75) is 34.1 Å². The molecular weight excluding hydrogens is 246 g/mol. The van der Waals surface area contributed by atoms with Gasteiger partial charge in [-0.3, -0.25) is 10.1 Å². The fourth-order valence-electron chi connectivity index (χ4n) is 1.47. The molecule has 0 radical (unpaired) electrons. The summed E-state index contributed by atoms with van der Waals surface area (Å²) in [6.45, 7) is 8.50. The van der Waals surface area contributed by atoms with E-state index in [0.29, 0.717) is 18.2 Å². The van der Waals surface area contributed by atoms with Gasteiger partial charge in [0.15, 0.2) is 0 Å². The molecule has 0 aliphatic carbocycles. The van der Waals surface area contributed by atoms with Crippen LogP contribution in [0.4, 0.5) is 17.5 Å². The van der Waals surface area contributed by atoms with Gasteiger partial charge in [-0.15, -0.1) is 0 Å². The highest BCUT2D eigenvalue weighted by molar-refractivity contribution is 5.60. The maximum Gasteiger partial charge on any atom is 0.332 e. The monoisotopic (exact) mass is 267 g/mol. The number of nitrogens with zero attached hydrogens (tertiary/aromatic N) is 3. The van der Waals surface area contributed by atoms with Crippen molar-refractivity contribution in [2.24, 2.45) is 5.41 Å². The lowest BCUT2D eigenvalue weighted by atomic mass is 9.90. The largest absolute Gasteiger partial charge is 0.364 e. The van der Waals surface area contributed by atoms with Gasteiger partial charge in [0.2, 0.25) is 11.8 Å². The summed E-state index contributed by atoms with van der Waals surface area (Å²) < 4.78 is 0. The van der Waals surface area contributed by atoms with Crippen molar-refractivity contribution in [3.63, 3.8) is 0 Å². The third kappa shape index (κ3) is 3.77. The van der Waals surface area contributed by atoms with Gasteiger partial charge in [0.25, 0.3) is 0 Å². The van der Waals surface area contributed by atoms with E-state index < -0.39 is 4.92 Å². The minimum Gasteiger partial charge on any atom is -0.364 e. The SMILES string of the molecule is CCC(C)(C)CNc1nc(NC)nc(C)c1[N+](=O)[O-]. The Hall–Kier alpha value is -1.92. The van der Waals surface area contributed by atoms with Gasteiger partial charge in [0, 0.05) is 13.6 Å². The second kappa shape index (κ2) is 5.81. The lowest BCUT2D eigenvalue weighted by molar-refractivity contribution is -0.385. The van der Waals surface area contributed by atoms with Crippen molar-refractivity contribution in [2.75, 3.05) is 24.2 Å². The molecule has 0 bridgehead atoms. The van der Waals surface area contributed by atoms with Gasteiger partial charge in [-0.2, -0.15) is 4.98 Å². The molecule has 7 heteroatoms. The van der Waals surface area contributed by atoms with Crippen LogP contribution in [-0.4, -0.2) is 28.5 Å². The van der Waals surface area contributed by atoms with E-state index >= 15 is 0 Å². The molecule has 106 valence electrons. The van der Waals surface area contributed by atoms with E-state index in [1.165, 1.54) is 0 Å². The average molecular weight is 267 g/mol. The summed E-state index contributed by atoms with van der Waals surface area (Å²) >= 11 is 0. The zero-order valence-corrected chi connectivity index (χ0v) is 12.1. The molecule has 1 aromatic rings. The van der Waals surface area contributed by atoms with Gasteiger partial charge in [-0.1, -0.05) is 20.8 Å². The van der Waals surface area contributed by atoms with E-state index in [0.717, 1.165) is 6.42 Å². The third-order valence-electron chi connectivity index (χ3n) is 3.16. The molecule has 0 atom stereocenters. The number of hydrogen-bond donors (Lipinski definition) is 2. The van der Waals surface area contributed by atoms with Crippen molar-refractivity contribution in [1.82, 2.24) is 9.97 Å². The molecular formula is C12H21N5O2. The van der Waals surface area contributed by atoms with Crippen LogP contribution in [0.15, 0.2) is 0 Å². The van der Waals surface area contributed by atoms with E-state index in [1.807, 2.05) is 0 Å². The third-order valence-corrected chi connectivity index (χ3v) is 3.16. The number of nitro groups is 1.